The second-order valence-electron chi connectivity index (χ2n) is 9.00. The van der Waals surface area contributed by atoms with Gasteiger partial charge >= 0.3 is 0 Å². The highest BCUT2D eigenvalue weighted by molar-refractivity contribution is 7.89. The Bertz CT molecular complexity index is 1160. The summed E-state index contributed by atoms with van der Waals surface area (Å²) in [6, 6.07) is 7.48. The number of carbonyl (C=O) groups excluding carboxylic acids is 1. The number of hydrogen-bond donors (Lipinski definition) is 0. The number of carbonyl (C=O) groups is 1. The zero-order valence-corrected chi connectivity index (χ0v) is 18.2. The second-order valence-corrected chi connectivity index (χ2v) is 10.9. The maximum absolute atomic E-state index is 14.2. The predicted molar refractivity (Wildman–Crippen MR) is 111 cm³/mol. The van der Waals surface area contributed by atoms with Crippen LogP contribution in [0.4, 0.5) is 4.39 Å². The zero-order chi connectivity index (χ0) is 22.0. The van der Waals surface area contributed by atoms with E-state index in [9.17, 15) is 17.6 Å². The number of nitrogens with zero attached hydrogens (tertiary/aromatic N) is 3. The van der Waals surface area contributed by atoms with Gasteiger partial charge in [0, 0.05) is 30.7 Å². The van der Waals surface area contributed by atoms with E-state index in [-0.39, 0.29) is 28.3 Å². The maximum atomic E-state index is 14.2. The van der Waals surface area contributed by atoms with Crippen molar-refractivity contribution in [2.75, 3.05) is 19.7 Å². The van der Waals surface area contributed by atoms with Gasteiger partial charge in [-0.2, -0.15) is 4.31 Å². The van der Waals surface area contributed by atoms with E-state index in [1.54, 1.807) is 31.3 Å². The van der Waals surface area contributed by atoms with E-state index in [2.05, 4.69) is 4.98 Å². The van der Waals surface area contributed by atoms with E-state index in [4.69, 9.17) is 4.74 Å². The third kappa shape index (κ3) is 3.22. The van der Waals surface area contributed by atoms with E-state index >= 15 is 0 Å². The van der Waals surface area contributed by atoms with Crippen molar-refractivity contribution >= 4 is 15.9 Å². The van der Waals surface area contributed by atoms with Gasteiger partial charge in [-0.15, -0.1) is 0 Å². The fraction of sp³-hybridized carbons (Fsp3) is 0.455. The van der Waals surface area contributed by atoms with E-state index < -0.39 is 15.8 Å². The van der Waals surface area contributed by atoms with E-state index in [1.165, 1.54) is 16.4 Å². The molecule has 0 radical (unpaired) electrons. The van der Waals surface area contributed by atoms with Crippen molar-refractivity contribution in [1.82, 2.24) is 14.2 Å². The maximum Gasteiger partial charge on any atom is 0.259 e. The van der Waals surface area contributed by atoms with E-state index in [0.29, 0.717) is 36.7 Å². The van der Waals surface area contributed by atoms with Gasteiger partial charge in [-0.25, -0.2) is 17.8 Å². The topological polar surface area (TPSA) is 79.8 Å². The normalized spacial score (nSPS) is 23.5. The lowest BCUT2D eigenvalue weighted by Crippen LogP contribution is -2.68. The molecule has 164 valence electrons. The van der Waals surface area contributed by atoms with Gasteiger partial charge in [0.2, 0.25) is 15.9 Å². The molecule has 0 N–H and O–H groups in total. The summed E-state index contributed by atoms with van der Waals surface area (Å²) >= 11 is 0. The number of rotatable bonds is 3. The molecule has 1 aliphatic carbocycles. The van der Waals surface area contributed by atoms with Crippen LogP contribution >= 0.6 is 0 Å². The molecule has 2 aromatic rings. The molecule has 5 rings (SSSR count). The number of aromatic nitrogens is 1. The van der Waals surface area contributed by atoms with Crippen LogP contribution in [-0.4, -0.2) is 60.3 Å². The molecule has 1 unspecified atom stereocenters. The van der Waals surface area contributed by atoms with Crippen LogP contribution < -0.4 is 4.74 Å². The fourth-order valence-electron chi connectivity index (χ4n) is 5.03. The van der Waals surface area contributed by atoms with Gasteiger partial charge in [0.15, 0.2) is 0 Å². The third-order valence-electron chi connectivity index (χ3n) is 6.63. The smallest absolute Gasteiger partial charge is 0.259 e. The lowest BCUT2D eigenvalue weighted by atomic mass is 9.61. The lowest BCUT2D eigenvalue weighted by Gasteiger charge is -2.60. The highest BCUT2D eigenvalue weighted by Gasteiger charge is 2.58. The minimum Gasteiger partial charge on any atom is -0.475 e. The molecule has 3 aliphatic rings. The highest BCUT2D eigenvalue weighted by Crippen LogP contribution is 2.52. The van der Waals surface area contributed by atoms with Crippen molar-refractivity contribution in [2.24, 2.45) is 5.41 Å². The fourth-order valence-corrected chi connectivity index (χ4v) is 6.84. The molecule has 1 saturated heterocycles. The Morgan fingerprint density at radius 1 is 1.23 bits per heavy atom. The Hall–Kier alpha value is -2.52. The Morgan fingerprint density at radius 2 is 1.97 bits per heavy atom. The standard InChI is InChI=1S/C22H24FN3O4S/c1-14-5-6-18(23)19(8-14)31(28,29)25-12-22(13-25)9-16(10-22)26-15(2)11-30-20-17(21(26)27)4-3-7-24-20/h3-8,15-16H,9-13H2,1-2H3. The predicted octanol–water partition coefficient (Wildman–Crippen LogP) is 2.61. The summed E-state index contributed by atoms with van der Waals surface area (Å²) in [6.07, 6.45) is 3.05. The van der Waals surface area contributed by atoms with Crippen LogP contribution in [-0.2, 0) is 10.0 Å². The number of pyridine rings is 1. The Kier molecular flexibility index (Phi) is 4.60. The SMILES string of the molecule is Cc1ccc(F)c(S(=O)(=O)N2CC3(CC(N4C(=O)c5cccnc5OCC4C)C3)C2)c1. The zero-order valence-electron chi connectivity index (χ0n) is 17.4. The summed E-state index contributed by atoms with van der Waals surface area (Å²) in [5, 5.41) is 0. The van der Waals surface area contributed by atoms with Crippen LogP contribution in [0.3, 0.4) is 0 Å². The molecule has 9 heteroatoms. The molecular weight excluding hydrogens is 421 g/mol. The quantitative estimate of drug-likeness (QED) is 0.726. The van der Waals surface area contributed by atoms with Gasteiger partial charge < -0.3 is 9.64 Å². The molecule has 31 heavy (non-hydrogen) atoms. The molecule has 2 aliphatic heterocycles. The Balaban J connectivity index is 1.29. The van der Waals surface area contributed by atoms with Gasteiger partial charge in [0.1, 0.15) is 22.9 Å². The molecule has 7 nitrogen and oxygen atoms in total. The average molecular weight is 446 g/mol. The van der Waals surface area contributed by atoms with Gasteiger partial charge in [-0.1, -0.05) is 6.07 Å². The highest BCUT2D eigenvalue weighted by atomic mass is 32.2. The first-order valence-corrected chi connectivity index (χ1v) is 11.8. The average Bonchev–Trinajstić information content (AvgIpc) is 2.79. The van der Waals surface area contributed by atoms with Gasteiger partial charge in [0.25, 0.3) is 5.91 Å². The molecule has 3 heterocycles. The number of hydrogen-bond acceptors (Lipinski definition) is 5. The number of halogens is 1. The van der Waals surface area contributed by atoms with Crippen LogP contribution in [0.5, 0.6) is 5.88 Å². The van der Waals surface area contributed by atoms with Crippen molar-refractivity contribution in [2.45, 2.75) is 43.7 Å². The van der Waals surface area contributed by atoms with Gasteiger partial charge in [-0.3, -0.25) is 4.79 Å². The molecule has 1 aromatic heterocycles. The summed E-state index contributed by atoms with van der Waals surface area (Å²) in [6.45, 7) is 4.76. The van der Waals surface area contributed by atoms with Crippen LogP contribution in [0.2, 0.25) is 0 Å². The van der Waals surface area contributed by atoms with Crippen LogP contribution in [0.1, 0.15) is 35.7 Å². The minimum atomic E-state index is -3.86. The largest absolute Gasteiger partial charge is 0.475 e. The lowest BCUT2D eigenvalue weighted by molar-refractivity contribution is -0.0756. The van der Waals surface area contributed by atoms with Crippen molar-refractivity contribution in [1.29, 1.82) is 0 Å². The molecule has 0 bridgehead atoms. The number of ether oxygens (including phenoxy) is 1. The van der Waals surface area contributed by atoms with Crippen molar-refractivity contribution in [3.05, 3.63) is 53.5 Å². The van der Waals surface area contributed by atoms with Crippen molar-refractivity contribution in [3.63, 3.8) is 0 Å². The molecule has 1 saturated carbocycles. The monoisotopic (exact) mass is 445 g/mol. The first-order chi connectivity index (χ1) is 14.7. The third-order valence-corrected chi connectivity index (χ3v) is 8.44. The first kappa shape index (κ1) is 20.4. The Labute approximate surface area is 180 Å². The number of aryl methyl sites for hydroxylation is 1. The number of sulfonamides is 1. The molecule has 1 aromatic carbocycles. The van der Waals surface area contributed by atoms with Gasteiger partial charge in [-0.05, 0) is 56.5 Å². The van der Waals surface area contributed by atoms with Gasteiger partial charge in [0.05, 0.1) is 6.04 Å². The molecular formula is C22H24FN3O4S. The molecule has 1 amide bonds. The summed E-state index contributed by atoms with van der Waals surface area (Å²) in [5.74, 6) is -0.468. The van der Waals surface area contributed by atoms with Crippen LogP contribution in [0.15, 0.2) is 41.4 Å². The van der Waals surface area contributed by atoms with Crippen LogP contribution in [0, 0.1) is 18.2 Å². The first-order valence-electron chi connectivity index (χ1n) is 10.4. The van der Waals surface area contributed by atoms with E-state index in [1.807, 2.05) is 11.8 Å². The van der Waals surface area contributed by atoms with Crippen molar-refractivity contribution < 1.29 is 22.3 Å². The minimum absolute atomic E-state index is 0.0258. The molecule has 1 spiro atoms. The summed E-state index contributed by atoms with van der Waals surface area (Å²) in [7, 11) is -3.86. The molecule has 2 fully saturated rings. The Morgan fingerprint density at radius 3 is 2.71 bits per heavy atom. The van der Waals surface area contributed by atoms with E-state index in [0.717, 1.165) is 12.8 Å². The summed E-state index contributed by atoms with van der Waals surface area (Å²) in [5.41, 5.74) is 1.01. The second kappa shape index (κ2) is 7.00. The summed E-state index contributed by atoms with van der Waals surface area (Å²) in [4.78, 5) is 18.9. The van der Waals surface area contributed by atoms with Crippen molar-refractivity contribution in [3.8, 4) is 5.88 Å². The summed E-state index contributed by atoms with van der Waals surface area (Å²) < 4.78 is 47.0. The number of fused-ring (bicyclic) bond motifs is 1. The molecule has 1 atom stereocenters. The number of benzene rings is 1. The number of amides is 1. The van der Waals surface area contributed by atoms with Crippen LogP contribution in [0.25, 0.3) is 0 Å².